The second kappa shape index (κ2) is 4.61. The van der Waals surface area contributed by atoms with Crippen LogP contribution in [0.3, 0.4) is 0 Å². The van der Waals surface area contributed by atoms with Crippen molar-refractivity contribution in [3.8, 4) is 5.75 Å². The molecule has 1 fully saturated rings. The molecule has 0 spiro atoms. The fourth-order valence-corrected chi connectivity index (χ4v) is 1.85. The van der Waals surface area contributed by atoms with Crippen LogP contribution in [0.15, 0.2) is 22.6 Å². The molecule has 94 valence electrons. The highest BCUT2D eigenvalue weighted by Crippen LogP contribution is 2.39. The van der Waals surface area contributed by atoms with Gasteiger partial charge in [0.2, 0.25) is 5.89 Å². The van der Waals surface area contributed by atoms with Crippen LogP contribution >= 0.6 is 11.6 Å². The van der Waals surface area contributed by atoms with E-state index >= 15 is 0 Å². The molecule has 0 aliphatic heterocycles. The van der Waals surface area contributed by atoms with Crippen molar-refractivity contribution >= 4 is 11.6 Å². The normalized spacial score (nSPS) is 14.8. The SMILES string of the molecule is Cc1ccc(Cl)c(OCc2nnc(C3CC3)o2)c1. The van der Waals surface area contributed by atoms with Crippen LogP contribution in [0.2, 0.25) is 5.02 Å². The predicted molar refractivity (Wildman–Crippen MR) is 66.8 cm³/mol. The summed E-state index contributed by atoms with van der Waals surface area (Å²) >= 11 is 6.04. The minimum absolute atomic E-state index is 0.253. The Hall–Kier alpha value is -1.55. The van der Waals surface area contributed by atoms with Crippen molar-refractivity contribution in [2.24, 2.45) is 0 Å². The maximum Gasteiger partial charge on any atom is 0.253 e. The molecule has 1 heterocycles. The Morgan fingerprint density at radius 3 is 3.00 bits per heavy atom. The molecule has 0 unspecified atom stereocenters. The molecule has 2 aromatic rings. The summed E-state index contributed by atoms with van der Waals surface area (Å²) in [5.74, 6) is 2.33. The van der Waals surface area contributed by atoms with E-state index in [-0.39, 0.29) is 6.61 Å². The van der Waals surface area contributed by atoms with Crippen molar-refractivity contribution in [3.63, 3.8) is 0 Å². The van der Waals surface area contributed by atoms with Gasteiger partial charge in [-0.3, -0.25) is 0 Å². The molecule has 0 radical (unpaired) electrons. The number of nitrogens with zero attached hydrogens (tertiary/aromatic N) is 2. The Balaban J connectivity index is 1.67. The van der Waals surface area contributed by atoms with Gasteiger partial charge in [-0.05, 0) is 37.5 Å². The van der Waals surface area contributed by atoms with Gasteiger partial charge < -0.3 is 9.15 Å². The second-order valence-electron chi connectivity index (χ2n) is 4.53. The number of halogens is 1. The van der Waals surface area contributed by atoms with Gasteiger partial charge in [0.1, 0.15) is 5.75 Å². The molecule has 1 saturated carbocycles. The summed E-state index contributed by atoms with van der Waals surface area (Å²) in [6.07, 6.45) is 2.29. The molecular weight excluding hydrogens is 252 g/mol. The lowest BCUT2D eigenvalue weighted by Crippen LogP contribution is -1.96. The molecular formula is C13H13ClN2O2. The van der Waals surface area contributed by atoms with Gasteiger partial charge in [-0.1, -0.05) is 17.7 Å². The fourth-order valence-electron chi connectivity index (χ4n) is 1.68. The van der Waals surface area contributed by atoms with Crippen molar-refractivity contribution in [3.05, 3.63) is 40.6 Å². The zero-order valence-electron chi connectivity index (χ0n) is 10.0. The quantitative estimate of drug-likeness (QED) is 0.848. The molecule has 0 amide bonds. The van der Waals surface area contributed by atoms with E-state index in [0.29, 0.717) is 22.6 Å². The van der Waals surface area contributed by atoms with Crippen LogP contribution in [0.1, 0.15) is 36.1 Å². The Labute approximate surface area is 110 Å². The van der Waals surface area contributed by atoms with Gasteiger partial charge in [0.25, 0.3) is 5.89 Å². The number of rotatable bonds is 4. The third-order valence-corrected chi connectivity index (χ3v) is 3.16. The number of benzene rings is 1. The summed E-state index contributed by atoms with van der Waals surface area (Å²) in [6, 6.07) is 5.64. The first-order valence-corrected chi connectivity index (χ1v) is 6.31. The van der Waals surface area contributed by atoms with Gasteiger partial charge in [0, 0.05) is 5.92 Å². The van der Waals surface area contributed by atoms with Crippen molar-refractivity contribution in [1.82, 2.24) is 10.2 Å². The van der Waals surface area contributed by atoms with Gasteiger partial charge in [-0.15, -0.1) is 10.2 Å². The molecule has 0 atom stereocenters. The molecule has 0 bridgehead atoms. The van der Waals surface area contributed by atoms with Gasteiger partial charge in [-0.25, -0.2) is 0 Å². The predicted octanol–water partition coefficient (Wildman–Crippen LogP) is 3.49. The molecule has 18 heavy (non-hydrogen) atoms. The van der Waals surface area contributed by atoms with Crippen molar-refractivity contribution in [2.45, 2.75) is 32.3 Å². The summed E-state index contributed by atoms with van der Waals surface area (Å²) in [6.45, 7) is 2.24. The third kappa shape index (κ3) is 2.48. The van der Waals surface area contributed by atoms with Gasteiger partial charge in [0.05, 0.1) is 5.02 Å². The maximum absolute atomic E-state index is 6.04. The number of hydrogen-bond acceptors (Lipinski definition) is 4. The lowest BCUT2D eigenvalue weighted by molar-refractivity contribution is 0.259. The van der Waals surface area contributed by atoms with E-state index in [4.69, 9.17) is 20.8 Å². The highest BCUT2D eigenvalue weighted by Gasteiger charge is 2.29. The van der Waals surface area contributed by atoms with Crippen LogP contribution < -0.4 is 4.74 Å². The number of ether oxygens (including phenoxy) is 1. The average molecular weight is 265 g/mol. The fraction of sp³-hybridized carbons (Fsp3) is 0.385. The van der Waals surface area contributed by atoms with Gasteiger partial charge in [-0.2, -0.15) is 0 Å². The molecule has 4 nitrogen and oxygen atoms in total. The highest BCUT2D eigenvalue weighted by atomic mass is 35.5. The first kappa shape index (κ1) is 11.5. The Morgan fingerprint density at radius 2 is 2.22 bits per heavy atom. The van der Waals surface area contributed by atoms with Crippen LogP contribution in [0.5, 0.6) is 5.75 Å². The van der Waals surface area contributed by atoms with E-state index in [0.717, 1.165) is 24.3 Å². The molecule has 1 aliphatic carbocycles. The summed E-state index contributed by atoms with van der Waals surface area (Å²) in [4.78, 5) is 0. The first-order chi connectivity index (χ1) is 8.72. The molecule has 3 rings (SSSR count). The maximum atomic E-state index is 6.04. The Kier molecular flexibility index (Phi) is 2.96. The van der Waals surface area contributed by atoms with Crippen LogP contribution in [0.4, 0.5) is 0 Å². The van der Waals surface area contributed by atoms with E-state index in [2.05, 4.69) is 10.2 Å². The molecule has 1 aliphatic rings. The standard InChI is InChI=1S/C13H13ClN2O2/c1-8-2-5-10(14)11(6-8)17-7-12-15-16-13(18-12)9-3-4-9/h2,5-6,9H,3-4,7H2,1H3. The molecule has 5 heteroatoms. The minimum atomic E-state index is 0.253. The van der Waals surface area contributed by atoms with E-state index < -0.39 is 0 Å². The summed E-state index contributed by atoms with van der Waals surface area (Å²) < 4.78 is 11.1. The first-order valence-electron chi connectivity index (χ1n) is 5.93. The van der Waals surface area contributed by atoms with Crippen LogP contribution in [0, 0.1) is 6.92 Å². The number of hydrogen-bond donors (Lipinski definition) is 0. The average Bonchev–Trinajstić information content (AvgIpc) is 3.10. The molecule has 1 aromatic carbocycles. The van der Waals surface area contributed by atoms with Gasteiger partial charge >= 0.3 is 0 Å². The monoisotopic (exact) mass is 264 g/mol. The largest absolute Gasteiger partial charge is 0.482 e. The minimum Gasteiger partial charge on any atom is -0.482 e. The van der Waals surface area contributed by atoms with Crippen molar-refractivity contribution in [1.29, 1.82) is 0 Å². The smallest absolute Gasteiger partial charge is 0.253 e. The van der Waals surface area contributed by atoms with Crippen LogP contribution in [-0.2, 0) is 6.61 Å². The van der Waals surface area contributed by atoms with E-state index in [1.165, 1.54) is 0 Å². The zero-order valence-corrected chi connectivity index (χ0v) is 10.8. The van der Waals surface area contributed by atoms with Crippen molar-refractivity contribution in [2.75, 3.05) is 0 Å². The Morgan fingerprint density at radius 1 is 1.39 bits per heavy atom. The molecule has 0 saturated heterocycles. The van der Waals surface area contributed by atoms with E-state index in [1.54, 1.807) is 0 Å². The summed E-state index contributed by atoms with van der Waals surface area (Å²) in [7, 11) is 0. The number of aryl methyl sites for hydroxylation is 1. The molecule has 0 N–H and O–H groups in total. The Bertz CT molecular complexity index is 564. The van der Waals surface area contributed by atoms with E-state index in [1.807, 2.05) is 25.1 Å². The topological polar surface area (TPSA) is 48.2 Å². The third-order valence-electron chi connectivity index (χ3n) is 2.85. The van der Waals surface area contributed by atoms with Gasteiger partial charge in [0.15, 0.2) is 6.61 Å². The summed E-state index contributed by atoms with van der Waals surface area (Å²) in [5, 5.41) is 8.55. The summed E-state index contributed by atoms with van der Waals surface area (Å²) in [5.41, 5.74) is 1.10. The van der Waals surface area contributed by atoms with E-state index in [9.17, 15) is 0 Å². The number of aromatic nitrogens is 2. The highest BCUT2D eigenvalue weighted by molar-refractivity contribution is 6.32. The van der Waals surface area contributed by atoms with Crippen molar-refractivity contribution < 1.29 is 9.15 Å². The lowest BCUT2D eigenvalue weighted by atomic mass is 10.2. The zero-order chi connectivity index (χ0) is 12.5. The van der Waals surface area contributed by atoms with Crippen LogP contribution in [-0.4, -0.2) is 10.2 Å². The second-order valence-corrected chi connectivity index (χ2v) is 4.94. The lowest BCUT2D eigenvalue weighted by Gasteiger charge is -2.06. The van der Waals surface area contributed by atoms with Crippen LogP contribution in [0.25, 0.3) is 0 Å². The molecule has 1 aromatic heterocycles.